The first-order valence-electron chi connectivity index (χ1n) is 7.22. The van der Waals surface area contributed by atoms with Crippen molar-refractivity contribution in [3.63, 3.8) is 0 Å². The largest absolute Gasteiger partial charge is 0.469 e. The molecule has 4 heteroatoms. The number of esters is 1. The molecule has 3 rings (SSSR count). The molecule has 2 fully saturated rings. The van der Waals surface area contributed by atoms with Gasteiger partial charge in [-0.15, -0.1) is 11.8 Å². The van der Waals surface area contributed by atoms with Crippen molar-refractivity contribution in [2.75, 3.05) is 14.2 Å². The Morgan fingerprint density at radius 2 is 2.05 bits per heavy atom. The fraction of sp³-hybridized carbons (Fsp3) is 0.562. The highest BCUT2D eigenvalue weighted by Crippen LogP contribution is 2.45. The molecule has 4 atom stereocenters. The predicted molar refractivity (Wildman–Crippen MR) is 80.8 cm³/mol. The molecular weight excluding hydrogens is 270 g/mol. The van der Waals surface area contributed by atoms with Gasteiger partial charge < -0.3 is 4.74 Å². The zero-order valence-electron chi connectivity index (χ0n) is 12.0. The lowest BCUT2D eigenvalue weighted by atomic mass is 9.90. The first-order valence-corrected chi connectivity index (χ1v) is 8.10. The fourth-order valence-electron chi connectivity index (χ4n) is 3.66. The molecule has 0 N–H and O–H groups in total. The predicted octanol–water partition coefficient (Wildman–Crippen LogP) is 2.80. The third-order valence-electron chi connectivity index (χ3n) is 4.72. The molecule has 2 aliphatic rings. The van der Waals surface area contributed by atoms with Crippen LogP contribution < -0.4 is 0 Å². The summed E-state index contributed by atoms with van der Waals surface area (Å²) in [6.07, 6.45) is 3.40. The van der Waals surface area contributed by atoms with Crippen LogP contribution in [0.15, 0.2) is 35.2 Å². The van der Waals surface area contributed by atoms with E-state index >= 15 is 0 Å². The summed E-state index contributed by atoms with van der Waals surface area (Å²) < 4.78 is 5.08. The van der Waals surface area contributed by atoms with Gasteiger partial charge in [-0.25, -0.2) is 0 Å². The fourth-order valence-corrected chi connectivity index (χ4v) is 5.08. The molecule has 2 bridgehead atoms. The molecular formula is C16H21NO2S. The highest BCUT2D eigenvalue weighted by Gasteiger charge is 2.49. The Balaban J connectivity index is 1.82. The molecule has 0 unspecified atom stereocenters. The molecule has 0 amide bonds. The second-order valence-corrected chi connectivity index (χ2v) is 7.03. The van der Waals surface area contributed by atoms with Crippen molar-refractivity contribution in [1.29, 1.82) is 0 Å². The maximum absolute atomic E-state index is 12.2. The molecule has 2 heterocycles. The first kappa shape index (κ1) is 14.0. The molecule has 0 spiro atoms. The van der Waals surface area contributed by atoms with Crippen LogP contribution in [0, 0.1) is 5.92 Å². The number of carbonyl (C=O) groups is 1. The quantitative estimate of drug-likeness (QED) is 0.801. The number of hydrogen-bond donors (Lipinski definition) is 0. The van der Waals surface area contributed by atoms with Gasteiger partial charge in [-0.3, -0.25) is 9.69 Å². The molecule has 3 nitrogen and oxygen atoms in total. The van der Waals surface area contributed by atoms with Crippen molar-refractivity contribution in [3.05, 3.63) is 30.3 Å². The highest BCUT2D eigenvalue weighted by atomic mass is 32.2. The van der Waals surface area contributed by atoms with E-state index in [0.717, 1.165) is 12.8 Å². The molecule has 1 aromatic carbocycles. The Bertz CT molecular complexity index is 479. The van der Waals surface area contributed by atoms with E-state index in [9.17, 15) is 4.79 Å². The number of hydrogen-bond acceptors (Lipinski definition) is 4. The summed E-state index contributed by atoms with van der Waals surface area (Å²) in [6, 6.07) is 11.4. The van der Waals surface area contributed by atoms with Crippen molar-refractivity contribution >= 4 is 17.7 Å². The van der Waals surface area contributed by atoms with Gasteiger partial charge in [0.25, 0.3) is 0 Å². The molecule has 20 heavy (non-hydrogen) atoms. The van der Waals surface area contributed by atoms with Crippen LogP contribution in [0.1, 0.15) is 19.3 Å². The second kappa shape index (κ2) is 5.78. The number of rotatable bonds is 3. The zero-order chi connectivity index (χ0) is 14.1. The van der Waals surface area contributed by atoms with Gasteiger partial charge in [0.1, 0.15) is 0 Å². The van der Waals surface area contributed by atoms with E-state index in [1.807, 2.05) is 17.8 Å². The molecule has 2 saturated heterocycles. The Morgan fingerprint density at radius 3 is 2.75 bits per heavy atom. The summed E-state index contributed by atoms with van der Waals surface area (Å²) in [5.74, 6) is -0.0513. The van der Waals surface area contributed by atoms with Crippen LogP contribution in [0.25, 0.3) is 0 Å². The minimum Gasteiger partial charge on any atom is -0.469 e. The molecule has 0 aromatic heterocycles. The molecule has 0 aliphatic carbocycles. The number of benzene rings is 1. The normalized spacial score (nSPS) is 33.1. The van der Waals surface area contributed by atoms with Crippen molar-refractivity contribution in [2.24, 2.45) is 5.92 Å². The van der Waals surface area contributed by atoms with Gasteiger partial charge in [0.05, 0.1) is 13.0 Å². The van der Waals surface area contributed by atoms with E-state index in [2.05, 4.69) is 36.2 Å². The van der Waals surface area contributed by atoms with Crippen LogP contribution in [0.2, 0.25) is 0 Å². The Kier molecular flexibility index (Phi) is 4.03. The van der Waals surface area contributed by atoms with E-state index in [4.69, 9.17) is 4.74 Å². The van der Waals surface area contributed by atoms with E-state index in [-0.39, 0.29) is 11.9 Å². The van der Waals surface area contributed by atoms with Gasteiger partial charge in [-0.05, 0) is 38.4 Å². The van der Waals surface area contributed by atoms with Crippen molar-refractivity contribution < 1.29 is 9.53 Å². The third-order valence-corrected chi connectivity index (χ3v) is 6.05. The summed E-state index contributed by atoms with van der Waals surface area (Å²) >= 11 is 1.84. The van der Waals surface area contributed by atoms with Crippen LogP contribution >= 0.6 is 11.8 Å². The van der Waals surface area contributed by atoms with Crippen LogP contribution in [0.4, 0.5) is 0 Å². The average molecular weight is 291 g/mol. The summed E-state index contributed by atoms with van der Waals surface area (Å²) in [4.78, 5) is 15.9. The molecule has 2 aliphatic heterocycles. The Labute approximate surface area is 124 Å². The van der Waals surface area contributed by atoms with Crippen LogP contribution in [0.5, 0.6) is 0 Å². The number of thioether (sulfide) groups is 1. The van der Waals surface area contributed by atoms with Crippen molar-refractivity contribution in [3.8, 4) is 0 Å². The Hall–Kier alpha value is -1.00. The lowest BCUT2D eigenvalue weighted by molar-refractivity contribution is -0.148. The number of methoxy groups -OCH3 is 1. The third kappa shape index (κ3) is 2.47. The first-order chi connectivity index (χ1) is 9.70. The summed E-state index contributed by atoms with van der Waals surface area (Å²) in [5, 5.41) is 0.332. The Morgan fingerprint density at radius 1 is 1.30 bits per heavy atom. The maximum Gasteiger partial charge on any atom is 0.311 e. The van der Waals surface area contributed by atoms with E-state index in [1.54, 1.807) is 0 Å². The van der Waals surface area contributed by atoms with Gasteiger partial charge in [0, 0.05) is 22.2 Å². The van der Waals surface area contributed by atoms with Gasteiger partial charge >= 0.3 is 5.97 Å². The summed E-state index contributed by atoms with van der Waals surface area (Å²) in [6.45, 7) is 0. The monoisotopic (exact) mass is 291 g/mol. The number of nitrogens with zero attached hydrogens (tertiary/aromatic N) is 1. The lowest BCUT2D eigenvalue weighted by Crippen LogP contribution is -2.51. The van der Waals surface area contributed by atoms with Crippen LogP contribution in [-0.4, -0.2) is 42.4 Å². The van der Waals surface area contributed by atoms with E-state index in [1.165, 1.54) is 18.4 Å². The van der Waals surface area contributed by atoms with Crippen molar-refractivity contribution in [1.82, 2.24) is 4.90 Å². The number of piperidine rings is 1. The standard InChI is InChI=1S/C16H21NO2S/c1-17-11-8-9-13(17)15(16(18)19-2)14(10-11)20-12-6-4-3-5-7-12/h3-7,11,13-15H,8-10H2,1-2H3/t11-,13+,14-,15+/m0/s1. The molecule has 0 radical (unpaired) electrons. The van der Waals surface area contributed by atoms with E-state index < -0.39 is 0 Å². The van der Waals surface area contributed by atoms with Crippen LogP contribution in [-0.2, 0) is 9.53 Å². The summed E-state index contributed by atoms with van der Waals surface area (Å²) in [7, 11) is 3.66. The van der Waals surface area contributed by atoms with Gasteiger partial charge in [-0.1, -0.05) is 18.2 Å². The smallest absolute Gasteiger partial charge is 0.311 e. The topological polar surface area (TPSA) is 29.5 Å². The molecule has 108 valence electrons. The van der Waals surface area contributed by atoms with Gasteiger partial charge in [0.15, 0.2) is 0 Å². The SMILES string of the molecule is COC(=O)[C@H]1[C@@H](Sc2ccccc2)C[C@@H]2CC[C@H]1N2C. The zero-order valence-corrected chi connectivity index (χ0v) is 12.8. The summed E-state index contributed by atoms with van der Waals surface area (Å²) in [5.41, 5.74) is 0. The van der Waals surface area contributed by atoms with Gasteiger partial charge in [-0.2, -0.15) is 0 Å². The molecule has 1 aromatic rings. The average Bonchev–Trinajstić information content (AvgIpc) is 2.72. The molecule has 0 saturated carbocycles. The lowest BCUT2D eigenvalue weighted by Gasteiger charge is -2.41. The minimum absolute atomic E-state index is 0.00560. The van der Waals surface area contributed by atoms with Crippen molar-refractivity contribution in [2.45, 2.75) is 41.5 Å². The maximum atomic E-state index is 12.2. The van der Waals surface area contributed by atoms with Crippen LogP contribution in [0.3, 0.4) is 0 Å². The second-order valence-electron chi connectivity index (χ2n) is 5.72. The highest BCUT2D eigenvalue weighted by molar-refractivity contribution is 8.00. The van der Waals surface area contributed by atoms with E-state index in [0.29, 0.717) is 17.3 Å². The van der Waals surface area contributed by atoms with Gasteiger partial charge in [0.2, 0.25) is 0 Å². The number of carbonyl (C=O) groups excluding carboxylic acids is 1. The minimum atomic E-state index is -0.0457. The number of fused-ring (bicyclic) bond motifs is 2. The number of ether oxygens (including phenoxy) is 1.